The van der Waals surface area contributed by atoms with E-state index in [2.05, 4.69) is 30.8 Å². The maximum atomic E-state index is 12.2. The Balaban J connectivity index is 1.82. The van der Waals surface area contributed by atoms with Crippen molar-refractivity contribution >= 4 is 0 Å². The van der Waals surface area contributed by atoms with Gasteiger partial charge in [0.15, 0.2) is 0 Å². The molecule has 110 valence electrons. The predicted molar refractivity (Wildman–Crippen MR) is 84.9 cm³/mol. The molecule has 0 bridgehead atoms. The van der Waals surface area contributed by atoms with E-state index in [1.165, 1.54) is 49.7 Å². The molecule has 0 spiro atoms. The normalized spacial score (nSPS) is 22.6. The van der Waals surface area contributed by atoms with Crippen LogP contribution in [0.1, 0.15) is 62.0 Å². The Bertz CT molecular complexity index is 385. The lowest BCUT2D eigenvalue weighted by molar-refractivity contribution is 0.312. The molecule has 0 aliphatic heterocycles. The molecule has 0 amide bonds. The summed E-state index contributed by atoms with van der Waals surface area (Å²) in [7, 11) is 0. The molecule has 1 aromatic carbocycles. The van der Waals surface area contributed by atoms with Crippen LogP contribution in [-0.2, 0) is 6.42 Å². The third-order valence-electron chi connectivity index (χ3n) is 4.68. The molecule has 0 atom stereocenters. The zero-order valence-corrected chi connectivity index (χ0v) is 12.5. The number of alkyl halides is 1. The fourth-order valence-corrected chi connectivity index (χ4v) is 3.37. The highest BCUT2D eigenvalue weighted by Crippen LogP contribution is 2.37. The van der Waals surface area contributed by atoms with Gasteiger partial charge in [-0.3, -0.25) is 4.39 Å². The topological polar surface area (TPSA) is 0 Å². The zero-order chi connectivity index (χ0) is 14.2. The van der Waals surface area contributed by atoms with Gasteiger partial charge < -0.3 is 0 Å². The number of hydrogen-bond donors (Lipinski definition) is 0. The summed E-state index contributed by atoms with van der Waals surface area (Å²) in [4.78, 5) is 0. The SMILES string of the molecule is C=CCCC1CCC(c2ccc(CCCF)cc2)CC1. The van der Waals surface area contributed by atoms with E-state index >= 15 is 0 Å². The Morgan fingerprint density at radius 2 is 1.80 bits per heavy atom. The summed E-state index contributed by atoms with van der Waals surface area (Å²) in [6.07, 6.45) is 11.4. The second kappa shape index (κ2) is 8.24. The number of halogens is 1. The van der Waals surface area contributed by atoms with Gasteiger partial charge in [-0.05, 0) is 74.3 Å². The monoisotopic (exact) mass is 274 g/mol. The molecule has 2 rings (SSSR count). The molecule has 0 nitrogen and oxygen atoms in total. The van der Waals surface area contributed by atoms with E-state index in [0.29, 0.717) is 6.42 Å². The summed E-state index contributed by atoms with van der Waals surface area (Å²) in [5.74, 6) is 1.65. The molecule has 0 N–H and O–H groups in total. The number of aryl methyl sites for hydroxylation is 1. The van der Waals surface area contributed by atoms with E-state index in [9.17, 15) is 4.39 Å². The molecule has 0 heterocycles. The van der Waals surface area contributed by atoms with Crippen molar-refractivity contribution in [3.05, 3.63) is 48.0 Å². The minimum atomic E-state index is -0.212. The quantitative estimate of drug-likeness (QED) is 0.549. The largest absolute Gasteiger partial charge is 0.251 e. The van der Waals surface area contributed by atoms with E-state index in [1.807, 2.05) is 6.08 Å². The van der Waals surface area contributed by atoms with Gasteiger partial charge in [0.05, 0.1) is 6.67 Å². The van der Waals surface area contributed by atoms with Crippen LogP contribution >= 0.6 is 0 Å². The molecule has 1 heteroatoms. The molecule has 0 aromatic heterocycles. The molecule has 1 aliphatic rings. The van der Waals surface area contributed by atoms with Crippen LogP contribution < -0.4 is 0 Å². The van der Waals surface area contributed by atoms with Crippen LogP contribution in [0.3, 0.4) is 0 Å². The second-order valence-electron chi connectivity index (χ2n) is 6.12. The molecule has 1 aromatic rings. The molecule has 1 fully saturated rings. The van der Waals surface area contributed by atoms with Crippen molar-refractivity contribution in [2.75, 3.05) is 6.67 Å². The lowest BCUT2D eigenvalue weighted by atomic mass is 9.77. The minimum absolute atomic E-state index is 0.212. The van der Waals surface area contributed by atoms with Gasteiger partial charge in [-0.2, -0.15) is 0 Å². The predicted octanol–water partition coefficient (Wildman–Crippen LogP) is 5.83. The lowest BCUT2D eigenvalue weighted by Crippen LogP contribution is -2.13. The maximum absolute atomic E-state index is 12.2. The van der Waals surface area contributed by atoms with E-state index in [4.69, 9.17) is 0 Å². The Morgan fingerprint density at radius 1 is 1.10 bits per heavy atom. The second-order valence-corrected chi connectivity index (χ2v) is 6.12. The van der Waals surface area contributed by atoms with Crippen LogP contribution in [-0.4, -0.2) is 6.67 Å². The summed E-state index contributed by atoms with van der Waals surface area (Å²) < 4.78 is 12.2. The smallest absolute Gasteiger partial charge is 0.0897 e. The van der Waals surface area contributed by atoms with Gasteiger partial charge in [-0.15, -0.1) is 6.58 Å². The standard InChI is InChI=1S/C19H27F/c1-2-3-5-16-7-11-18(12-8-16)19-13-9-17(10-14-19)6-4-15-20/h2,9-10,13-14,16,18H,1,3-8,11-12,15H2. The van der Waals surface area contributed by atoms with Gasteiger partial charge in [0, 0.05) is 0 Å². The average Bonchev–Trinajstić information content (AvgIpc) is 2.52. The minimum Gasteiger partial charge on any atom is -0.251 e. The summed E-state index contributed by atoms with van der Waals surface area (Å²) in [5, 5.41) is 0. The Kier molecular flexibility index (Phi) is 6.29. The highest BCUT2D eigenvalue weighted by molar-refractivity contribution is 5.25. The Hall–Kier alpha value is -1.11. The van der Waals surface area contributed by atoms with Crippen LogP contribution in [0.15, 0.2) is 36.9 Å². The van der Waals surface area contributed by atoms with E-state index in [0.717, 1.165) is 18.3 Å². The van der Waals surface area contributed by atoms with Crippen LogP contribution in [0.4, 0.5) is 4.39 Å². The Morgan fingerprint density at radius 3 is 2.40 bits per heavy atom. The molecule has 1 aliphatic carbocycles. The first-order valence-electron chi connectivity index (χ1n) is 8.09. The first kappa shape index (κ1) is 15.3. The Labute approximate surface area is 123 Å². The average molecular weight is 274 g/mol. The van der Waals surface area contributed by atoms with Crippen LogP contribution in [0.25, 0.3) is 0 Å². The van der Waals surface area contributed by atoms with Crippen LogP contribution in [0.2, 0.25) is 0 Å². The number of benzene rings is 1. The fraction of sp³-hybridized carbons (Fsp3) is 0.579. The molecule has 20 heavy (non-hydrogen) atoms. The zero-order valence-electron chi connectivity index (χ0n) is 12.5. The van der Waals surface area contributed by atoms with Gasteiger partial charge in [-0.1, -0.05) is 30.3 Å². The molecule has 0 unspecified atom stereocenters. The summed E-state index contributed by atoms with van der Waals surface area (Å²) in [6.45, 7) is 3.60. The third-order valence-corrected chi connectivity index (χ3v) is 4.68. The molecular formula is C19H27F. The fourth-order valence-electron chi connectivity index (χ4n) is 3.37. The highest BCUT2D eigenvalue weighted by Gasteiger charge is 2.21. The molecular weight excluding hydrogens is 247 g/mol. The summed E-state index contributed by atoms with van der Waals surface area (Å²) in [6, 6.07) is 8.91. The number of rotatable bonds is 7. The number of hydrogen-bond acceptors (Lipinski definition) is 0. The van der Waals surface area contributed by atoms with Crippen molar-refractivity contribution in [2.24, 2.45) is 5.92 Å². The van der Waals surface area contributed by atoms with Crippen molar-refractivity contribution in [3.8, 4) is 0 Å². The van der Waals surface area contributed by atoms with Gasteiger partial charge in [0.25, 0.3) is 0 Å². The molecule has 1 saturated carbocycles. The van der Waals surface area contributed by atoms with Gasteiger partial charge in [0.1, 0.15) is 0 Å². The first-order valence-corrected chi connectivity index (χ1v) is 8.09. The van der Waals surface area contributed by atoms with Crippen molar-refractivity contribution in [1.82, 2.24) is 0 Å². The van der Waals surface area contributed by atoms with Gasteiger partial charge in [0.2, 0.25) is 0 Å². The molecule has 0 saturated heterocycles. The highest BCUT2D eigenvalue weighted by atomic mass is 19.1. The van der Waals surface area contributed by atoms with Crippen molar-refractivity contribution in [3.63, 3.8) is 0 Å². The number of allylic oxidation sites excluding steroid dienone is 1. The molecule has 0 radical (unpaired) electrons. The van der Waals surface area contributed by atoms with E-state index < -0.39 is 0 Å². The van der Waals surface area contributed by atoms with Gasteiger partial charge in [-0.25, -0.2) is 0 Å². The van der Waals surface area contributed by atoms with Crippen molar-refractivity contribution in [2.45, 2.75) is 57.3 Å². The summed E-state index contributed by atoms with van der Waals surface area (Å²) in [5.41, 5.74) is 2.75. The van der Waals surface area contributed by atoms with E-state index in [1.54, 1.807) is 0 Å². The van der Waals surface area contributed by atoms with Crippen LogP contribution in [0, 0.1) is 5.92 Å². The third kappa shape index (κ3) is 4.47. The van der Waals surface area contributed by atoms with Crippen molar-refractivity contribution in [1.29, 1.82) is 0 Å². The summed E-state index contributed by atoms with van der Waals surface area (Å²) >= 11 is 0. The van der Waals surface area contributed by atoms with E-state index in [-0.39, 0.29) is 6.67 Å². The lowest BCUT2D eigenvalue weighted by Gasteiger charge is -2.28. The van der Waals surface area contributed by atoms with Crippen LogP contribution in [0.5, 0.6) is 0 Å². The van der Waals surface area contributed by atoms with Gasteiger partial charge >= 0.3 is 0 Å². The van der Waals surface area contributed by atoms with Crippen molar-refractivity contribution < 1.29 is 4.39 Å². The maximum Gasteiger partial charge on any atom is 0.0897 e. The first-order chi connectivity index (χ1) is 9.83.